The summed E-state index contributed by atoms with van der Waals surface area (Å²) in [5, 5.41) is 19.0. The highest BCUT2D eigenvalue weighted by Crippen LogP contribution is 2.42. The smallest absolute Gasteiger partial charge is 0.504 e. The van der Waals surface area contributed by atoms with Gasteiger partial charge in [-0.15, -0.1) is 13.2 Å². The Labute approximate surface area is 152 Å². The molecule has 0 fully saturated rings. The maximum absolute atomic E-state index is 12.5. The van der Waals surface area contributed by atoms with Crippen LogP contribution in [0.2, 0.25) is 0 Å². The van der Waals surface area contributed by atoms with Gasteiger partial charge in [0.15, 0.2) is 11.5 Å². The molecule has 7 nitrogen and oxygen atoms in total. The van der Waals surface area contributed by atoms with E-state index in [9.17, 15) is 28.3 Å². The summed E-state index contributed by atoms with van der Waals surface area (Å²) in [5.41, 5.74) is 5.48. The van der Waals surface area contributed by atoms with Crippen LogP contribution in [0.1, 0.15) is 25.3 Å². The molecule has 0 aliphatic carbocycles. The number of nitrogens with zero attached hydrogens (tertiary/aromatic N) is 1. The molecule has 1 aromatic carbocycles. The average Bonchev–Trinajstić information content (AvgIpc) is 2.55. The van der Waals surface area contributed by atoms with Gasteiger partial charge in [0, 0.05) is 0 Å². The quantitative estimate of drug-likeness (QED) is 0.767. The summed E-state index contributed by atoms with van der Waals surface area (Å²) in [4.78, 5) is 12.3. The van der Waals surface area contributed by atoms with Gasteiger partial charge in [0.2, 0.25) is 5.88 Å². The lowest BCUT2D eigenvalue weighted by Crippen LogP contribution is -2.25. The number of allylic oxidation sites excluding steroid dienone is 2. The third kappa shape index (κ3) is 4.25. The van der Waals surface area contributed by atoms with E-state index in [1.807, 2.05) is 0 Å². The minimum absolute atomic E-state index is 0.0292. The van der Waals surface area contributed by atoms with Crippen molar-refractivity contribution in [3.05, 3.63) is 46.6 Å². The number of aromatic hydroxyl groups is 1. The number of hydrogen-bond donors (Lipinski definition) is 2. The lowest BCUT2D eigenvalue weighted by atomic mass is 9.83. The fraction of sp³-hybridized carbons (Fsp3) is 0.294. The molecule has 1 aliphatic heterocycles. The van der Waals surface area contributed by atoms with Crippen LogP contribution in [0.4, 0.5) is 13.2 Å². The van der Waals surface area contributed by atoms with Gasteiger partial charge < -0.3 is 25.1 Å². The van der Waals surface area contributed by atoms with Crippen molar-refractivity contribution in [2.24, 2.45) is 5.73 Å². The topological polar surface area (TPSA) is 115 Å². The fourth-order valence-electron chi connectivity index (χ4n) is 2.60. The number of alkyl halides is 3. The standard InChI is InChI=1S/C17H15F3N2O5/c1-3-25-16(24)13-8(2)26-15(22)10(7-21)14(13)9-4-5-11(23)12(6-9)27-17(18,19)20/h4-6,14,23H,3,22H2,1-2H3. The van der Waals surface area contributed by atoms with Gasteiger partial charge in [0.05, 0.1) is 18.1 Å². The van der Waals surface area contributed by atoms with E-state index in [1.54, 1.807) is 13.0 Å². The second-order valence-electron chi connectivity index (χ2n) is 5.39. The van der Waals surface area contributed by atoms with Gasteiger partial charge in [0.25, 0.3) is 0 Å². The summed E-state index contributed by atoms with van der Waals surface area (Å²) in [7, 11) is 0. The van der Waals surface area contributed by atoms with Gasteiger partial charge in [-0.2, -0.15) is 5.26 Å². The van der Waals surface area contributed by atoms with Crippen molar-refractivity contribution in [3.63, 3.8) is 0 Å². The molecule has 1 heterocycles. The van der Waals surface area contributed by atoms with E-state index in [0.717, 1.165) is 12.1 Å². The SMILES string of the molecule is CCOC(=O)C1=C(C)OC(N)=C(C#N)C1c1ccc(O)c(OC(F)(F)F)c1. The van der Waals surface area contributed by atoms with Crippen LogP contribution in [0.5, 0.6) is 11.5 Å². The van der Waals surface area contributed by atoms with Gasteiger partial charge in [-0.3, -0.25) is 0 Å². The van der Waals surface area contributed by atoms with Crippen molar-refractivity contribution < 1.29 is 37.3 Å². The van der Waals surface area contributed by atoms with Crippen molar-refractivity contribution >= 4 is 5.97 Å². The molecule has 0 spiro atoms. The third-order valence-electron chi connectivity index (χ3n) is 3.64. The Hall–Kier alpha value is -3.35. The van der Waals surface area contributed by atoms with Crippen LogP contribution >= 0.6 is 0 Å². The lowest BCUT2D eigenvalue weighted by Gasteiger charge is -2.27. The van der Waals surface area contributed by atoms with E-state index in [0.29, 0.717) is 0 Å². The zero-order valence-electron chi connectivity index (χ0n) is 14.3. The first-order chi connectivity index (χ1) is 12.6. The number of rotatable bonds is 4. The van der Waals surface area contributed by atoms with Gasteiger partial charge >= 0.3 is 12.3 Å². The molecule has 10 heteroatoms. The number of nitriles is 1. The zero-order valence-corrected chi connectivity index (χ0v) is 14.3. The molecule has 0 saturated carbocycles. The first-order valence-corrected chi connectivity index (χ1v) is 7.63. The van der Waals surface area contributed by atoms with E-state index in [4.69, 9.17) is 15.2 Å². The van der Waals surface area contributed by atoms with Crippen LogP contribution < -0.4 is 10.5 Å². The molecule has 0 bridgehead atoms. The minimum atomic E-state index is -5.05. The van der Waals surface area contributed by atoms with E-state index in [1.165, 1.54) is 13.0 Å². The summed E-state index contributed by atoms with van der Waals surface area (Å²) in [6.07, 6.45) is -5.05. The number of carbonyl (C=O) groups is 1. The van der Waals surface area contributed by atoms with E-state index >= 15 is 0 Å². The van der Waals surface area contributed by atoms with Gasteiger partial charge in [-0.25, -0.2) is 4.79 Å². The van der Waals surface area contributed by atoms with Gasteiger partial charge in [0.1, 0.15) is 17.4 Å². The molecule has 27 heavy (non-hydrogen) atoms. The highest BCUT2D eigenvalue weighted by molar-refractivity contribution is 5.92. The minimum Gasteiger partial charge on any atom is -0.504 e. The maximum atomic E-state index is 12.5. The van der Waals surface area contributed by atoms with Crippen LogP contribution in [0, 0.1) is 11.3 Å². The summed E-state index contributed by atoms with van der Waals surface area (Å²) < 4.78 is 51.6. The predicted octanol–water partition coefficient (Wildman–Crippen LogP) is 2.94. The number of carbonyl (C=O) groups excluding carboxylic acids is 1. The predicted molar refractivity (Wildman–Crippen MR) is 84.8 cm³/mol. The van der Waals surface area contributed by atoms with E-state index < -0.39 is 29.7 Å². The molecule has 1 aromatic rings. The maximum Gasteiger partial charge on any atom is 0.573 e. The van der Waals surface area contributed by atoms with Crippen LogP contribution in [0.15, 0.2) is 41.0 Å². The molecule has 1 aliphatic rings. The van der Waals surface area contributed by atoms with Crippen molar-refractivity contribution in [3.8, 4) is 17.6 Å². The molecule has 1 unspecified atom stereocenters. The number of esters is 1. The molecular weight excluding hydrogens is 369 g/mol. The molecule has 1 atom stereocenters. The number of benzene rings is 1. The Balaban J connectivity index is 2.63. The van der Waals surface area contributed by atoms with Gasteiger partial charge in [-0.05, 0) is 31.5 Å². The molecule has 0 radical (unpaired) electrons. The Kier molecular flexibility index (Phi) is 5.54. The van der Waals surface area contributed by atoms with Crippen LogP contribution in [-0.2, 0) is 14.3 Å². The zero-order chi connectivity index (χ0) is 20.4. The second-order valence-corrected chi connectivity index (χ2v) is 5.39. The Morgan fingerprint density at radius 1 is 1.44 bits per heavy atom. The molecule has 0 amide bonds. The molecular formula is C17H15F3N2O5. The highest BCUT2D eigenvalue weighted by atomic mass is 19.4. The van der Waals surface area contributed by atoms with Gasteiger partial charge in [-0.1, -0.05) is 6.07 Å². The first-order valence-electron chi connectivity index (χ1n) is 7.63. The summed E-state index contributed by atoms with van der Waals surface area (Å²) in [5.74, 6) is -3.87. The monoisotopic (exact) mass is 384 g/mol. The summed E-state index contributed by atoms with van der Waals surface area (Å²) >= 11 is 0. The average molecular weight is 384 g/mol. The summed E-state index contributed by atoms with van der Waals surface area (Å²) in [6.45, 7) is 3.01. The Morgan fingerprint density at radius 3 is 2.67 bits per heavy atom. The first kappa shape index (κ1) is 20.0. The van der Waals surface area contributed by atoms with Crippen molar-refractivity contribution in [1.82, 2.24) is 0 Å². The molecule has 0 aromatic heterocycles. The van der Waals surface area contributed by atoms with Crippen LogP contribution in [0.25, 0.3) is 0 Å². The number of phenolic OH excluding ortho intramolecular Hbond substituents is 1. The number of halogens is 3. The van der Waals surface area contributed by atoms with E-state index in [2.05, 4.69) is 4.74 Å². The van der Waals surface area contributed by atoms with Crippen molar-refractivity contribution in [2.45, 2.75) is 26.1 Å². The summed E-state index contributed by atoms with van der Waals surface area (Å²) in [6, 6.07) is 4.86. The van der Waals surface area contributed by atoms with Crippen LogP contribution in [-0.4, -0.2) is 24.0 Å². The molecule has 2 rings (SSSR count). The molecule has 3 N–H and O–H groups in total. The number of ether oxygens (including phenoxy) is 3. The van der Waals surface area contributed by atoms with Crippen molar-refractivity contribution in [1.29, 1.82) is 5.26 Å². The van der Waals surface area contributed by atoms with Crippen LogP contribution in [0.3, 0.4) is 0 Å². The van der Waals surface area contributed by atoms with Crippen molar-refractivity contribution in [2.75, 3.05) is 6.61 Å². The highest BCUT2D eigenvalue weighted by Gasteiger charge is 2.38. The Bertz CT molecular complexity index is 868. The molecule has 0 saturated heterocycles. The number of hydrogen-bond acceptors (Lipinski definition) is 7. The number of phenols is 1. The number of nitrogens with two attached hydrogens (primary N) is 1. The lowest BCUT2D eigenvalue weighted by molar-refractivity contribution is -0.275. The Morgan fingerprint density at radius 2 is 2.11 bits per heavy atom. The largest absolute Gasteiger partial charge is 0.573 e. The second kappa shape index (κ2) is 7.49. The van der Waals surface area contributed by atoms with E-state index in [-0.39, 0.29) is 35.0 Å². The normalized spacial score (nSPS) is 17.3. The molecule has 144 valence electrons. The third-order valence-corrected chi connectivity index (χ3v) is 3.64. The fourth-order valence-corrected chi connectivity index (χ4v) is 2.60.